The lowest BCUT2D eigenvalue weighted by Gasteiger charge is -2.08. The molecule has 0 fully saturated rings. The summed E-state index contributed by atoms with van der Waals surface area (Å²) in [5.74, 6) is 2.17. The quantitative estimate of drug-likeness (QED) is 0.836. The third kappa shape index (κ3) is 1.88. The first kappa shape index (κ1) is 11.0. The standard InChI is InChI=1S/C13H14N2O3/c1-8-12(18-13(14)15-8)9-3-4-10-11(7-9)17-6-2-5-16-10/h3-4,7H,2,5-6H2,1H3,(H2,14,15). The fraction of sp³-hybridized carbons (Fsp3) is 0.308. The van der Waals surface area contributed by atoms with Crippen LogP contribution in [0.3, 0.4) is 0 Å². The van der Waals surface area contributed by atoms with Crippen molar-refractivity contribution in [3.8, 4) is 22.8 Å². The number of anilines is 1. The number of nitrogen functional groups attached to an aromatic ring is 1. The van der Waals surface area contributed by atoms with Crippen LogP contribution in [0.15, 0.2) is 22.6 Å². The van der Waals surface area contributed by atoms with Crippen molar-refractivity contribution < 1.29 is 13.9 Å². The molecule has 0 amide bonds. The summed E-state index contributed by atoms with van der Waals surface area (Å²) in [6, 6.07) is 5.87. The van der Waals surface area contributed by atoms with Crippen LogP contribution in [-0.4, -0.2) is 18.2 Å². The summed E-state index contributed by atoms with van der Waals surface area (Å²) >= 11 is 0. The lowest BCUT2D eigenvalue weighted by molar-refractivity contribution is 0.297. The van der Waals surface area contributed by atoms with Gasteiger partial charge in [-0.1, -0.05) is 0 Å². The first-order chi connectivity index (χ1) is 8.74. The van der Waals surface area contributed by atoms with Crippen LogP contribution in [0.1, 0.15) is 12.1 Å². The summed E-state index contributed by atoms with van der Waals surface area (Å²) in [4.78, 5) is 4.06. The van der Waals surface area contributed by atoms with Gasteiger partial charge in [-0.3, -0.25) is 0 Å². The van der Waals surface area contributed by atoms with Gasteiger partial charge in [0.2, 0.25) is 0 Å². The van der Waals surface area contributed by atoms with Gasteiger partial charge in [-0.25, -0.2) is 0 Å². The molecule has 1 aliphatic rings. The van der Waals surface area contributed by atoms with Crippen LogP contribution < -0.4 is 15.2 Å². The molecular weight excluding hydrogens is 232 g/mol. The zero-order valence-corrected chi connectivity index (χ0v) is 10.1. The van der Waals surface area contributed by atoms with Crippen molar-refractivity contribution in [3.05, 3.63) is 23.9 Å². The first-order valence-corrected chi connectivity index (χ1v) is 5.87. The predicted octanol–water partition coefficient (Wildman–Crippen LogP) is 2.39. The van der Waals surface area contributed by atoms with Gasteiger partial charge in [0.25, 0.3) is 6.01 Å². The lowest BCUT2D eigenvalue weighted by atomic mass is 10.1. The molecule has 2 aromatic rings. The van der Waals surface area contributed by atoms with E-state index in [1.165, 1.54) is 0 Å². The van der Waals surface area contributed by atoms with Crippen LogP contribution in [0.4, 0.5) is 6.01 Å². The number of fused-ring (bicyclic) bond motifs is 1. The number of aromatic nitrogens is 1. The second kappa shape index (κ2) is 4.25. The number of ether oxygens (including phenoxy) is 2. The summed E-state index contributed by atoms with van der Waals surface area (Å²) in [6.45, 7) is 3.20. The van der Waals surface area contributed by atoms with Crippen LogP contribution in [0, 0.1) is 6.92 Å². The molecule has 0 radical (unpaired) electrons. The van der Waals surface area contributed by atoms with Crippen LogP contribution in [-0.2, 0) is 0 Å². The molecule has 0 saturated carbocycles. The first-order valence-electron chi connectivity index (χ1n) is 5.87. The summed E-state index contributed by atoms with van der Waals surface area (Å²) in [6.07, 6.45) is 0.887. The van der Waals surface area contributed by atoms with E-state index in [9.17, 15) is 0 Å². The largest absolute Gasteiger partial charge is 0.490 e. The van der Waals surface area contributed by atoms with E-state index in [-0.39, 0.29) is 6.01 Å². The molecule has 0 saturated heterocycles. The molecule has 18 heavy (non-hydrogen) atoms. The van der Waals surface area contributed by atoms with Crippen molar-refractivity contribution in [1.29, 1.82) is 0 Å². The molecule has 2 heterocycles. The molecule has 1 aromatic carbocycles. The summed E-state index contributed by atoms with van der Waals surface area (Å²) in [7, 11) is 0. The Labute approximate surface area is 105 Å². The Morgan fingerprint density at radius 1 is 1.17 bits per heavy atom. The maximum atomic E-state index is 5.64. The molecule has 0 spiro atoms. The van der Waals surface area contributed by atoms with E-state index in [0.717, 1.165) is 29.2 Å². The molecule has 0 atom stereocenters. The van der Waals surface area contributed by atoms with Crippen molar-refractivity contribution in [3.63, 3.8) is 0 Å². The van der Waals surface area contributed by atoms with Gasteiger partial charge in [-0.05, 0) is 25.1 Å². The van der Waals surface area contributed by atoms with E-state index < -0.39 is 0 Å². The van der Waals surface area contributed by atoms with Crippen molar-refractivity contribution in [2.75, 3.05) is 18.9 Å². The van der Waals surface area contributed by atoms with E-state index >= 15 is 0 Å². The van der Waals surface area contributed by atoms with Gasteiger partial charge in [0, 0.05) is 12.0 Å². The Morgan fingerprint density at radius 3 is 2.67 bits per heavy atom. The highest BCUT2D eigenvalue weighted by Crippen LogP contribution is 2.35. The molecule has 0 aliphatic carbocycles. The lowest BCUT2D eigenvalue weighted by Crippen LogP contribution is -1.97. The van der Waals surface area contributed by atoms with Crippen molar-refractivity contribution in [2.45, 2.75) is 13.3 Å². The predicted molar refractivity (Wildman–Crippen MR) is 66.7 cm³/mol. The van der Waals surface area contributed by atoms with Gasteiger partial charge in [-0.15, -0.1) is 0 Å². The molecule has 1 aliphatic heterocycles. The highest BCUT2D eigenvalue weighted by Gasteiger charge is 2.15. The number of oxazole rings is 1. The molecule has 3 rings (SSSR count). The highest BCUT2D eigenvalue weighted by atomic mass is 16.5. The zero-order chi connectivity index (χ0) is 12.5. The topological polar surface area (TPSA) is 70.5 Å². The number of aryl methyl sites for hydroxylation is 1. The van der Waals surface area contributed by atoms with Gasteiger partial charge in [0.05, 0.1) is 18.9 Å². The molecule has 2 N–H and O–H groups in total. The van der Waals surface area contributed by atoms with Gasteiger partial charge < -0.3 is 19.6 Å². The Kier molecular flexibility index (Phi) is 2.59. The summed E-state index contributed by atoms with van der Waals surface area (Å²) < 4.78 is 16.6. The van der Waals surface area contributed by atoms with Crippen LogP contribution in [0.5, 0.6) is 11.5 Å². The van der Waals surface area contributed by atoms with Crippen molar-refractivity contribution in [1.82, 2.24) is 4.98 Å². The van der Waals surface area contributed by atoms with E-state index in [4.69, 9.17) is 19.6 Å². The Hall–Kier alpha value is -2.17. The minimum atomic E-state index is 0.176. The second-order valence-electron chi connectivity index (χ2n) is 4.18. The van der Waals surface area contributed by atoms with E-state index in [1.54, 1.807) is 0 Å². The minimum absolute atomic E-state index is 0.176. The average molecular weight is 246 g/mol. The van der Waals surface area contributed by atoms with Gasteiger partial charge in [0.15, 0.2) is 17.3 Å². The molecule has 5 heteroatoms. The van der Waals surface area contributed by atoms with Crippen LogP contribution in [0.2, 0.25) is 0 Å². The fourth-order valence-corrected chi connectivity index (χ4v) is 1.99. The SMILES string of the molecule is Cc1nc(N)oc1-c1ccc2c(c1)OCCCO2. The fourth-order valence-electron chi connectivity index (χ4n) is 1.99. The van der Waals surface area contributed by atoms with E-state index in [2.05, 4.69) is 4.98 Å². The molecule has 0 unspecified atom stereocenters. The number of nitrogens with zero attached hydrogens (tertiary/aromatic N) is 1. The monoisotopic (exact) mass is 246 g/mol. The van der Waals surface area contributed by atoms with Crippen molar-refractivity contribution in [2.24, 2.45) is 0 Å². The van der Waals surface area contributed by atoms with Crippen LogP contribution >= 0.6 is 0 Å². The minimum Gasteiger partial charge on any atom is -0.490 e. The second-order valence-corrected chi connectivity index (χ2v) is 4.18. The zero-order valence-electron chi connectivity index (χ0n) is 10.1. The van der Waals surface area contributed by atoms with E-state index in [0.29, 0.717) is 19.0 Å². The Balaban J connectivity index is 2.04. The van der Waals surface area contributed by atoms with Crippen LogP contribution in [0.25, 0.3) is 11.3 Å². The molecule has 0 bridgehead atoms. The molecular formula is C13H14N2O3. The number of hydrogen-bond donors (Lipinski definition) is 1. The molecule has 1 aromatic heterocycles. The number of nitrogens with two attached hydrogens (primary N) is 1. The molecule has 5 nitrogen and oxygen atoms in total. The third-order valence-corrected chi connectivity index (χ3v) is 2.82. The smallest absolute Gasteiger partial charge is 0.292 e. The molecule has 94 valence electrons. The summed E-state index contributed by atoms with van der Waals surface area (Å²) in [5.41, 5.74) is 7.20. The highest BCUT2D eigenvalue weighted by molar-refractivity contribution is 5.65. The average Bonchev–Trinajstić information content (AvgIpc) is 2.58. The van der Waals surface area contributed by atoms with Gasteiger partial charge >= 0.3 is 0 Å². The Morgan fingerprint density at radius 2 is 1.94 bits per heavy atom. The maximum absolute atomic E-state index is 5.64. The van der Waals surface area contributed by atoms with Gasteiger partial charge in [-0.2, -0.15) is 4.98 Å². The van der Waals surface area contributed by atoms with E-state index in [1.807, 2.05) is 25.1 Å². The maximum Gasteiger partial charge on any atom is 0.292 e. The third-order valence-electron chi connectivity index (χ3n) is 2.82. The van der Waals surface area contributed by atoms with Crippen molar-refractivity contribution >= 4 is 6.01 Å². The van der Waals surface area contributed by atoms with Gasteiger partial charge in [0.1, 0.15) is 0 Å². The number of rotatable bonds is 1. The number of benzene rings is 1. The normalized spacial score (nSPS) is 14.3. The summed E-state index contributed by atoms with van der Waals surface area (Å²) in [5, 5.41) is 0. The Bertz CT molecular complexity index is 578. The number of hydrogen-bond acceptors (Lipinski definition) is 5.